The van der Waals surface area contributed by atoms with Gasteiger partial charge in [0.15, 0.2) is 34.9 Å². The number of aromatic nitrogens is 6. The summed E-state index contributed by atoms with van der Waals surface area (Å²) in [5.41, 5.74) is 5.18. The monoisotopic (exact) mass is 1070 g/mol. The minimum Gasteiger partial charge on any atom is -0.508 e. The number of nitrogens with zero attached hydrogens (tertiary/aromatic N) is 6. The van der Waals surface area contributed by atoms with Crippen molar-refractivity contribution in [2.24, 2.45) is 0 Å². The number of hydrogen-bond donors (Lipinski definition) is 1. The molecular weight excluding hydrogens is 1050 g/mol. The number of halogens is 12. The largest absolute Gasteiger partial charge is 0.508 e. The quantitative estimate of drug-likeness (QED) is 0.0821. The van der Waals surface area contributed by atoms with E-state index in [9.17, 15) is 5.11 Å². The molecule has 0 aliphatic carbocycles. The van der Waals surface area contributed by atoms with Crippen LogP contribution in [0.1, 0.15) is 65.3 Å². The average molecular weight is 1080 g/mol. The molecular formula is C42H30Cl12N6O2. The molecule has 0 saturated carbocycles. The predicted molar refractivity (Wildman–Crippen MR) is 260 cm³/mol. The molecule has 2 heterocycles. The normalized spacial score (nSPS) is 12.4. The molecule has 62 heavy (non-hydrogen) atoms. The Kier molecular flexibility index (Phi) is 18.0. The van der Waals surface area contributed by atoms with E-state index in [0.717, 1.165) is 47.5 Å². The molecule has 0 unspecified atom stereocenters. The van der Waals surface area contributed by atoms with Gasteiger partial charge in [-0.05, 0) is 52.9 Å². The van der Waals surface area contributed by atoms with Gasteiger partial charge in [-0.1, -0.05) is 250 Å². The zero-order valence-electron chi connectivity index (χ0n) is 31.7. The highest BCUT2D eigenvalue weighted by Gasteiger charge is 2.35. The third-order valence-corrected chi connectivity index (χ3v) is 10.1. The fraction of sp³-hybridized carbons (Fsp3) is 0.190. The Morgan fingerprint density at radius 2 is 0.726 bits per heavy atom. The third kappa shape index (κ3) is 15.6. The molecule has 0 spiro atoms. The lowest BCUT2D eigenvalue weighted by Crippen LogP contribution is -2.16. The van der Waals surface area contributed by atoms with Crippen molar-refractivity contribution >= 4 is 164 Å². The van der Waals surface area contributed by atoms with E-state index < -0.39 is 15.2 Å². The lowest BCUT2D eigenvalue weighted by molar-refractivity contribution is 0.309. The van der Waals surface area contributed by atoms with Crippen LogP contribution in [0.5, 0.6) is 11.5 Å². The van der Waals surface area contributed by atoms with Crippen molar-refractivity contribution in [3.63, 3.8) is 0 Å². The minimum absolute atomic E-state index is 0.134. The lowest BCUT2D eigenvalue weighted by atomic mass is 10.1. The van der Waals surface area contributed by atoms with Crippen LogP contribution in [-0.2, 0) is 15.2 Å². The molecule has 0 saturated heterocycles. The first-order valence-corrected chi connectivity index (χ1v) is 22.5. The van der Waals surface area contributed by atoms with Gasteiger partial charge in [-0.3, -0.25) is 0 Å². The van der Waals surface area contributed by atoms with E-state index in [1.54, 1.807) is 24.3 Å². The number of unbranched alkanes of at least 4 members (excludes halogenated alkanes) is 1. The van der Waals surface area contributed by atoms with Crippen molar-refractivity contribution in [3.8, 4) is 34.3 Å². The number of phenols is 1. The van der Waals surface area contributed by atoms with Crippen LogP contribution in [-0.4, -0.2) is 41.6 Å². The van der Waals surface area contributed by atoms with Crippen LogP contribution in [0.3, 0.4) is 0 Å². The summed E-state index contributed by atoms with van der Waals surface area (Å²) in [5.74, 6) is 0.946. The second-order valence-corrected chi connectivity index (χ2v) is 22.0. The van der Waals surface area contributed by atoms with Crippen LogP contribution in [0.25, 0.3) is 47.1 Å². The molecule has 8 nitrogen and oxygen atoms in total. The number of hydrogen-bond acceptors (Lipinski definition) is 8. The highest BCUT2D eigenvalue weighted by atomic mass is 35.6. The maximum Gasteiger partial charge on any atom is 0.250 e. The summed E-state index contributed by atoms with van der Waals surface area (Å²) in [4.78, 5) is 24.7. The summed E-state index contributed by atoms with van der Waals surface area (Å²) in [5, 5.41) is 9.33. The average Bonchev–Trinajstić information content (AvgIpc) is 3.22. The maximum absolute atomic E-state index is 9.33. The minimum atomic E-state index is -1.91. The molecule has 324 valence electrons. The third-order valence-electron chi connectivity index (χ3n) is 8.10. The van der Waals surface area contributed by atoms with Crippen molar-refractivity contribution in [2.75, 3.05) is 6.61 Å². The van der Waals surface area contributed by atoms with E-state index >= 15 is 0 Å². The number of benzene rings is 4. The van der Waals surface area contributed by atoms with Crippen LogP contribution >= 0.6 is 139 Å². The Morgan fingerprint density at radius 3 is 1.02 bits per heavy atom. The number of phenolic OH excluding ortho intramolecular Hbond substituents is 1. The van der Waals surface area contributed by atoms with Crippen LogP contribution < -0.4 is 4.74 Å². The highest BCUT2D eigenvalue weighted by Crippen LogP contribution is 2.42. The lowest BCUT2D eigenvalue weighted by Gasteiger charge is -2.15. The smallest absolute Gasteiger partial charge is 0.250 e. The first kappa shape index (κ1) is 50.5. The highest BCUT2D eigenvalue weighted by molar-refractivity contribution is 6.68. The topological polar surface area (TPSA) is 107 Å². The molecule has 6 rings (SSSR count). The molecule has 0 amide bonds. The Morgan fingerprint density at radius 1 is 0.435 bits per heavy atom. The van der Waals surface area contributed by atoms with Gasteiger partial charge in [-0.2, -0.15) is 0 Å². The van der Waals surface area contributed by atoms with Gasteiger partial charge in [-0.25, -0.2) is 29.9 Å². The SMILES string of the molecule is CCCCOc1ccc(C=Cc2ccc(-c3nc(C(Cl)(Cl)Cl)nc(C(Cl)(Cl)Cl)n3)cc2)cc1.Oc1ccc(C=Cc2ccc(-c3nc(C(Cl)(Cl)Cl)nc(C(Cl)(Cl)Cl)n3)cc2)cc1. The van der Waals surface area contributed by atoms with E-state index in [1.165, 1.54) is 0 Å². The molecule has 0 fully saturated rings. The van der Waals surface area contributed by atoms with Crippen molar-refractivity contribution in [2.45, 2.75) is 34.9 Å². The van der Waals surface area contributed by atoms with Gasteiger partial charge < -0.3 is 9.84 Å². The Balaban J connectivity index is 0.000000236. The van der Waals surface area contributed by atoms with E-state index in [2.05, 4.69) is 36.8 Å². The number of ether oxygens (including phenoxy) is 1. The van der Waals surface area contributed by atoms with E-state index in [-0.39, 0.29) is 40.7 Å². The first-order chi connectivity index (χ1) is 29.1. The first-order valence-electron chi connectivity index (χ1n) is 18.0. The summed E-state index contributed by atoms with van der Waals surface area (Å²) in [6.45, 7) is 2.86. The Bertz CT molecular complexity index is 2400. The number of alkyl halides is 12. The summed E-state index contributed by atoms with van der Waals surface area (Å²) in [6, 6.07) is 29.5. The molecule has 0 radical (unpaired) electrons. The fourth-order valence-electron chi connectivity index (χ4n) is 4.98. The number of aromatic hydroxyl groups is 1. The summed E-state index contributed by atoms with van der Waals surface area (Å²) < 4.78 is -1.93. The summed E-state index contributed by atoms with van der Waals surface area (Å²) in [7, 11) is 0. The Labute approximate surface area is 418 Å². The summed E-state index contributed by atoms with van der Waals surface area (Å²) in [6.07, 6.45) is 9.98. The van der Waals surface area contributed by atoms with Gasteiger partial charge in [0.2, 0.25) is 15.2 Å². The van der Waals surface area contributed by atoms with Gasteiger partial charge in [0.1, 0.15) is 11.5 Å². The molecule has 6 aromatic rings. The van der Waals surface area contributed by atoms with Gasteiger partial charge in [0, 0.05) is 11.1 Å². The summed E-state index contributed by atoms with van der Waals surface area (Å²) >= 11 is 71.0. The van der Waals surface area contributed by atoms with Crippen molar-refractivity contribution in [1.29, 1.82) is 0 Å². The van der Waals surface area contributed by atoms with Gasteiger partial charge >= 0.3 is 0 Å². The predicted octanol–water partition coefficient (Wildman–Crippen LogP) is 15.6. The standard InChI is InChI=1S/C23H19Cl6N3O.C19H11Cl6N3O/c1-2-3-14-33-18-12-8-16(9-13-18)5-4-15-6-10-17(11-7-15)19-30-20(22(24,25)26)32-21(31-19)23(27,28)29;20-18(21,22)16-26-15(27-17(28-16)19(23,24)25)13-7-3-11(4-8-13)1-2-12-5-9-14(29)10-6-12/h4-13H,2-3,14H2,1H3;1-10,29H. The molecule has 0 atom stereocenters. The molecule has 20 heteroatoms. The van der Waals surface area contributed by atoms with E-state index in [0.29, 0.717) is 11.1 Å². The van der Waals surface area contributed by atoms with E-state index in [4.69, 9.17) is 144 Å². The van der Waals surface area contributed by atoms with E-state index in [1.807, 2.05) is 97.1 Å². The van der Waals surface area contributed by atoms with Crippen molar-refractivity contribution < 1.29 is 9.84 Å². The number of rotatable bonds is 10. The molecule has 1 N–H and O–H groups in total. The molecule has 0 aliphatic heterocycles. The molecule has 0 bridgehead atoms. The second kappa shape index (κ2) is 22.1. The molecule has 2 aromatic heterocycles. The van der Waals surface area contributed by atoms with Crippen molar-refractivity contribution in [3.05, 3.63) is 143 Å². The fourth-order valence-corrected chi connectivity index (χ4v) is 6.00. The zero-order valence-corrected chi connectivity index (χ0v) is 40.8. The molecule has 4 aromatic carbocycles. The van der Waals surface area contributed by atoms with Gasteiger partial charge in [-0.15, -0.1) is 0 Å². The van der Waals surface area contributed by atoms with Crippen LogP contribution in [0, 0.1) is 0 Å². The van der Waals surface area contributed by atoms with Crippen LogP contribution in [0.15, 0.2) is 97.1 Å². The Hall–Kier alpha value is -2.54. The zero-order chi connectivity index (χ0) is 45.3. The maximum atomic E-state index is 9.33. The van der Waals surface area contributed by atoms with Gasteiger partial charge in [0.25, 0.3) is 0 Å². The second-order valence-electron chi connectivity index (χ2n) is 12.9. The molecule has 0 aliphatic rings. The van der Waals surface area contributed by atoms with Crippen LogP contribution in [0.2, 0.25) is 0 Å². The van der Waals surface area contributed by atoms with Crippen molar-refractivity contribution in [1.82, 2.24) is 29.9 Å². The van der Waals surface area contributed by atoms with Gasteiger partial charge in [0.05, 0.1) is 6.61 Å². The van der Waals surface area contributed by atoms with Crippen LogP contribution in [0.4, 0.5) is 0 Å².